The third-order valence-electron chi connectivity index (χ3n) is 3.69. The van der Waals surface area contributed by atoms with Gasteiger partial charge in [0.05, 0.1) is 12.5 Å². The van der Waals surface area contributed by atoms with E-state index in [2.05, 4.69) is 20.8 Å². The van der Waals surface area contributed by atoms with Crippen LogP contribution in [-0.4, -0.2) is 22.0 Å². The summed E-state index contributed by atoms with van der Waals surface area (Å²) in [5.74, 6) is -0.795. The van der Waals surface area contributed by atoms with E-state index in [1.165, 1.54) is 0 Å². The average molecular weight is 350 g/mol. The molecular formula is C19H18N4O3. The molecule has 2 N–H and O–H groups in total. The fourth-order valence-electron chi connectivity index (χ4n) is 2.37. The van der Waals surface area contributed by atoms with Crippen LogP contribution in [0.4, 0.5) is 5.69 Å². The largest absolute Gasteiger partial charge is 0.341 e. The van der Waals surface area contributed by atoms with Gasteiger partial charge in [-0.3, -0.25) is 9.59 Å². The normalized spacial score (nSPS) is 11.6. The van der Waals surface area contributed by atoms with Gasteiger partial charge in [-0.25, -0.2) is 0 Å². The van der Waals surface area contributed by atoms with E-state index in [0.717, 1.165) is 5.56 Å². The number of para-hydroxylation sites is 1. The maximum absolute atomic E-state index is 12.2. The smallest absolute Gasteiger partial charge is 0.315 e. The first-order valence-corrected chi connectivity index (χ1v) is 8.15. The lowest BCUT2D eigenvalue weighted by molar-refractivity contribution is -0.115. The zero-order chi connectivity index (χ0) is 18.4. The summed E-state index contributed by atoms with van der Waals surface area (Å²) in [7, 11) is 0. The van der Waals surface area contributed by atoms with Gasteiger partial charge in [0, 0.05) is 5.69 Å². The van der Waals surface area contributed by atoms with Crippen molar-refractivity contribution in [1.29, 1.82) is 0 Å². The minimum atomic E-state index is -0.483. The SMILES string of the molecule is C[C@@H](NC(=O)c1nc(CC(=O)Nc2ccccc2)no1)c1ccccc1. The van der Waals surface area contributed by atoms with Crippen molar-refractivity contribution in [3.63, 3.8) is 0 Å². The number of amides is 2. The molecule has 0 saturated heterocycles. The van der Waals surface area contributed by atoms with Gasteiger partial charge in [-0.2, -0.15) is 4.98 Å². The summed E-state index contributed by atoms with van der Waals surface area (Å²) < 4.78 is 4.96. The maximum Gasteiger partial charge on any atom is 0.315 e. The summed E-state index contributed by atoms with van der Waals surface area (Å²) in [5, 5.41) is 9.20. The Balaban J connectivity index is 1.57. The van der Waals surface area contributed by atoms with E-state index in [4.69, 9.17) is 4.52 Å². The fourth-order valence-corrected chi connectivity index (χ4v) is 2.37. The Morgan fingerprint density at radius 1 is 1.04 bits per heavy atom. The molecule has 26 heavy (non-hydrogen) atoms. The molecule has 0 aliphatic rings. The van der Waals surface area contributed by atoms with E-state index in [1.54, 1.807) is 12.1 Å². The first-order valence-electron chi connectivity index (χ1n) is 8.15. The maximum atomic E-state index is 12.2. The van der Waals surface area contributed by atoms with Crippen molar-refractivity contribution >= 4 is 17.5 Å². The zero-order valence-electron chi connectivity index (χ0n) is 14.2. The van der Waals surface area contributed by atoms with Crippen molar-refractivity contribution in [3.05, 3.63) is 77.9 Å². The molecule has 2 amide bonds. The quantitative estimate of drug-likeness (QED) is 0.712. The van der Waals surface area contributed by atoms with Gasteiger partial charge in [0.1, 0.15) is 0 Å². The summed E-state index contributed by atoms with van der Waals surface area (Å²) in [5.41, 5.74) is 1.64. The second-order valence-electron chi connectivity index (χ2n) is 5.71. The number of nitrogens with one attached hydrogen (secondary N) is 2. The summed E-state index contributed by atoms with van der Waals surface area (Å²) >= 11 is 0. The second kappa shape index (κ2) is 8.06. The number of benzene rings is 2. The third-order valence-corrected chi connectivity index (χ3v) is 3.69. The van der Waals surface area contributed by atoms with Crippen molar-refractivity contribution in [2.75, 3.05) is 5.32 Å². The molecular weight excluding hydrogens is 332 g/mol. The number of rotatable bonds is 6. The highest BCUT2D eigenvalue weighted by Gasteiger charge is 2.19. The van der Waals surface area contributed by atoms with Crippen molar-refractivity contribution in [3.8, 4) is 0 Å². The van der Waals surface area contributed by atoms with E-state index in [-0.39, 0.29) is 30.1 Å². The van der Waals surface area contributed by atoms with Crippen LogP contribution in [0.3, 0.4) is 0 Å². The van der Waals surface area contributed by atoms with Crippen LogP contribution >= 0.6 is 0 Å². The van der Waals surface area contributed by atoms with E-state index < -0.39 is 5.91 Å². The number of aromatic nitrogens is 2. The topological polar surface area (TPSA) is 97.1 Å². The molecule has 0 saturated carbocycles. The molecule has 1 atom stereocenters. The lowest BCUT2D eigenvalue weighted by Gasteiger charge is -2.12. The van der Waals surface area contributed by atoms with Crippen LogP contribution in [0, 0.1) is 0 Å². The Hall–Kier alpha value is -3.48. The molecule has 0 aliphatic carbocycles. The van der Waals surface area contributed by atoms with Crippen molar-refractivity contribution in [2.24, 2.45) is 0 Å². The highest BCUT2D eigenvalue weighted by atomic mass is 16.5. The Bertz CT molecular complexity index is 878. The molecule has 0 fully saturated rings. The zero-order valence-corrected chi connectivity index (χ0v) is 14.2. The second-order valence-corrected chi connectivity index (χ2v) is 5.71. The molecule has 1 aromatic heterocycles. The Kier molecular flexibility index (Phi) is 5.38. The number of hydrogen-bond acceptors (Lipinski definition) is 5. The highest BCUT2D eigenvalue weighted by Crippen LogP contribution is 2.12. The number of carbonyl (C=O) groups is 2. The number of carbonyl (C=O) groups excluding carboxylic acids is 2. The fraction of sp³-hybridized carbons (Fsp3) is 0.158. The van der Waals surface area contributed by atoms with Crippen LogP contribution in [0.25, 0.3) is 0 Å². The van der Waals surface area contributed by atoms with Gasteiger partial charge >= 0.3 is 11.8 Å². The lowest BCUT2D eigenvalue weighted by atomic mass is 10.1. The van der Waals surface area contributed by atoms with Gasteiger partial charge < -0.3 is 15.2 Å². The van der Waals surface area contributed by atoms with Gasteiger partial charge in [0.25, 0.3) is 0 Å². The Labute approximate surface area is 150 Å². The molecule has 1 heterocycles. The number of hydrogen-bond donors (Lipinski definition) is 2. The Morgan fingerprint density at radius 2 is 1.69 bits per heavy atom. The number of nitrogens with zero attached hydrogens (tertiary/aromatic N) is 2. The molecule has 3 aromatic rings. The van der Waals surface area contributed by atoms with Crippen LogP contribution in [0.1, 0.15) is 35.0 Å². The summed E-state index contributed by atoms with van der Waals surface area (Å²) in [6, 6.07) is 18.4. The minimum absolute atomic E-state index is 0.0834. The van der Waals surface area contributed by atoms with Crippen molar-refractivity contribution in [2.45, 2.75) is 19.4 Å². The molecule has 0 aliphatic heterocycles. The summed E-state index contributed by atoms with van der Waals surface area (Å²) in [6.45, 7) is 1.86. The number of anilines is 1. The molecule has 7 heteroatoms. The molecule has 0 unspecified atom stereocenters. The molecule has 2 aromatic carbocycles. The van der Waals surface area contributed by atoms with Gasteiger partial charge in [-0.15, -0.1) is 0 Å². The molecule has 0 radical (unpaired) electrons. The van der Waals surface area contributed by atoms with Crippen LogP contribution in [-0.2, 0) is 11.2 Å². The first-order chi connectivity index (χ1) is 12.6. The Morgan fingerprint density at radius 3 is 2.38 bits per heavy atom. The van der Waals surface area contributed by atoms with Crippen molar-refractivity contribution in [1.82, 2.24) is 15.5 Å². The van der Waals surface area contributed by atoms with Crippen LogP contribution < -0.4 is 10.6 Å². The summed E-state index contributed by atoms with van der Waals surface area (Å²) in [4.78, 5) is 28.2. The van der Waals surface area contributed by atoms with Crippen LogP contribution in [0.5, 0.6) is 0 Å². The lowest BCUT2D eigenvalue weighted by Crippen LogP contribution is -2.27. The van der Waals surface area contributed by atoms with Gasteiger partial charge in [0.15, 0.2) is 5.82 Å². The minimum Gasteiger partial charge on any atom is -0.341 e. The molecule has 0 bridgehead atoms. The van der Waals surface area contributed by atoms with E-state index >= 15 is 0 Å². The van der Waals surface area contributed by atoms with E-state index in [1.807, 2.05) is 55.5 Å². The van der Waals surface area contributed by atoms with Crippen LogP contribution in [0.15, 0.2) is 65.2 Å². The summed E-state index contributed by atoms with van der Waals surface area (Å²) in [6.07, 6.45) is -0.0834. The third kappa shape index (κ3) is 4.54. The predicted octanol–water partition coefficient (Wildman–Crippen LogP) is 2.74. The molecule has 0 spiro atoms. The van der Waals surface area contributed by atoms with Gasteiger partial charge in [-0.1, -0.05) is 53.7 Å². The molecule has 3 rings (SSSR count). The highest BCUT2D eigenvalue weighted by molar-refractivity contribution is 5.92. The van der Waals surface area contributed by atoms with E-state index in [0.29, 0.717) is 5.69 Å². The first kappa shape index (κ1) is 17.3. The predicted molar refractivity (Wildman–Crippen MR) is 95.4 cm³/mol. The molecule has 7 nitrogen and oxygen atoms in total. The van der Waals surface area contributed by atoms with Crippen molar-refractivity contribution < 1.29 is 14.1 Å². The monoisotopic (exact) mass is 350 g/mol. The van der Waals surface area contributed by atoms with Gasteiger partial charge in [0.2, 0.25) is 5.91 Å². The van der Waals surface area contributed by atoms with Gasteiger partial charge in [-0.05, 0) is 24.6 Å². The average Bonchev–Trinajstić information content (AvgIpc) is 3.11. The molecule has 132 valence electrons. The van der Waals surface area contributed by atoms with E-state index in [9.17, 15) is 9.59 Å². The van der Waals surface area contributed by atoms with Crippen LogP contribution in [0.2, 0.25) is 0 Å². The standard InChI is InChI=1S/C19H18N4O3/c1-13(14-8-4-2-5-9-14)20-18(25)19-22-16(23-26-19)12-17(24)21-15-10-6-3-7-11-15/h2-11,13H,12H2,1H3,(H,20,25)(H,21,24)/t13-/m1/s1.